The lowest BCUT2D eigenvalue weighted by atomic mass is 9.49. The van der Waals surface area contributed by atoms with E-state index in [9.17, 15) is 9.59 Å². The summed E-state index contributed by atoms with van der Waals surface area (Å²) in [7, 11) is 0. The molecule has 4 fully saturated rings. The Balaban J connectivity index is 1.37. The quantitative estimate of drug-likeness (QED) is 0.676. The third kappa shape index (κ3) is 3.47. The highest BCUT2D eigenvalue weighted by Gasteiger charge is 2.54. The first-order valence-electron chi connectivity index (χ1n) is 9.07. The van der Waals surface area contributed by atoms with Gasteiger partial charge in [-0.3, -0.25) is 9.59 Å². The molecule has 4 heteroatoms. The number of unbranched alkanes of at least 4 members (excludes halogenated alkanes) is 3. The van der Waals surface area contributed by atoms with Crippen LogP contribution in [0, 0.1) is 23.2 Å². The molecule has 0 radical (unpaired) electrons. The second-order valence-corrected chi connectivity index (χ2v) is 8.01. The number of hydrogen-bond acceptors (Lipinski definition) is 2. The van der Waals surface area contributed by atoms with Crippen LogP contribution in [-0.2, 0) is 9.59 Å². The van der Waals surface area contributed by atoms with E-state index in [4.69, 9.17) is 5.11 Å². The van der Waals surface area contributed by atoms with Crippen molar-refractivity contribution in [1.82, 2.24) is 5.32 Å². The standard InChI is InChI=1S/C18H29NO3/c20-16(21)5-3-1-2-4-6-19-17(22)18-10-13-7-14(11-18)9-15(8-13)12-18/h13-15H,1-12H2,(H,19,22)(H,20,21). The fourth-order valence-corrected chi connectivity index (χ4v) is 5.53. The zero-order chi connectivity index (χ0) is 15.6. The minimum Gasteiger partial charge on any atom is -0.481 e. The van der Waals surface area contributed by atoms with Crippen molar-refractivity contribution in [2.24, 2.45) is 23.2 Å². The van der Waals surface area contributed by atoms with Gasteiger partial charge in [0.15, 0.2) is 0 Å². The number of hydrogen-bond donors (Lipinski definition) is 2. The smallest absolute Gasteiger partial charge is 0.303 e. The summed E-state index contributed by atoms with van der Waals surface area (Å²) in [6, 6.07) is 0. The van der Waals surface area contributed by atoms with E-state index in [0.29, 0.717) is 5.91 Å². The summed E-state index contributed by atoms with van der Waals surface area (Å²) in [5.74, 6) is 2.04. The molecule has 4 aliphatic carbocycles. The number of carbonyl (C=O) groups is 2. The van der Waals surface area contributed by atoms with E-state index in [0.717, 1.165) is 69.2 Å². The fraction of sp³-hybridized carbons (Fsp3) is 0.889. The molecule has 4 rings (SSSR count). The average Bonchev–Trinajstić information content (AvgIpc) is 2.44. The van der Waals surface area contributed by atoms with Crippen molar-refractivity contribution in [2.45, 2.75) is 70.6 Å². The molecule has 2 N–H and O–H groups in total. The highest BCUT2D eigenvalue weighted by atomic mass is 16.4. The molecule has 124 valence electrons. The molecule has 0 unspecified atom stereocenters. The monoisotopic (exact) mass is 307 g/mol. The first-order chi connectivity index (χ1) is 10.6. The topological polar surface area (TPSA) is 66.4 Å². The van der Waals surface area contributed by atoms with Crippen molar-refractivity contribution in [2.75, 3.05) is 6.54 Å². The van der Waals surface area contributed by atoms with Crippen LogP contribution in [0.15, 0.2) is 0 Å². The Labute approximate surface area is 133 Å². The molecular weight excluding hydrogens is 278 g/mol. The first kappa shape index (κ1) is 15.8. The number of aliphatic carboxylic acids is 1. The second-order valence-electron chi connectivity index (χ2n) is 8.01. The minimum atomic E-state index is -0.713. The van der Waals surface area contributed by atoms with Crippen molar-refractivity contribution in [3.8, 4) is 0 Å². The molecule has 1 amide bonds. The normalized spacial score (nSPS) is 35.5. The zero-order valence-corrected chi connectivity index (χ0v) is 13.5. The summed E-state index contributed by atoms with van der Waals surface area (Å²) in [6.45, 7) is 0.758. The summed E-state index contributed by atoms with van der Waals surface area (Å²) >= 11 is 0. The number of carbonyl (C=O) groups excluding carboxylic acids is 1. The minimum absolute atomic E-state index is 0.0297. The van der Waals surface area contributed by atoms with Gasteiger partial charge in [-0.1, -0.05) is 12.8 Å². The van der Waals surface area contributed by atoms with Crippen molar-refractivity contribution in [3.63, 3.8) is 0 Å². The van der Waals surface area contributed by atoms with Gasteiger partial charge in [-0.25, -0.2) is 0 Å². The molecule has 0 aromatic rings. The Morgan fingerprint density at radius 3 is 2.00 bits per heavy atom. The number of nitrogens with one attached hydrogen (secondary N) is 1. The van der Waals surface area contributed by atoms with Crippen LogP contribution < -0.4 is 5.32 Å². The third-order valence-electron chi connectivity index (χ3n) is 6.12. The average molecular weight is 307 g/mol. The van der Waals surface area contributed by atoms with Gasteiger partial charge in [0.2, 0.25) is 5.91 Å². The van der Waals surface area contributed by atoms with Crippen LogP contribution in [0.1, 0.15) is 70.6 Å². The van der Waals surface area contributed by atoms with Gasteiger partial charge < -0.3 is 10.4 Å². The van der Waals surface area contributed by atoms with E-state index in [1.165, 1.54) is 19.3 Å². The molecule has 0 saturated heterocycles. The Hall–Kier alpha value is -1.06. The zero-order valence-electron chi connectivity index (χ0n) is 13.5. The molecule has 22 heavy (non-hydrogen) atoms. The summed E-state index contributed by atoms with van der Waals surface area (Å²) < 4.78 is 0. The van der Waals surface area contributed by atoms with Gasteiger partial charge in [0.1, 0.15) is 0 Å². The Kier molecular flexibility index (Phi) is 4.74. The van der Waals surface area contributed by atoms with E-state index in [1.807, 2.05) is 0 Å². The molecule has 0 spiro atoms. The van der Waals surface area contributed by atoms with Crippen molar-refractivity contribution < 1.29 is 14.7 Å². The molecule has 0 aromatic heterocycles. The van der Waals surface area contributed by atoms with Gasteiger partial charge >= 0.3 is 5.97 Å². The predicted molar refractivity (Wildman–Crippen MR) is 84.3 cm³/mol. The van der Waals surface area contributed by atoms with Crippen LogP contribution >= 0.6 is 0 Å². The molecule has 0 atom stereocenters. The maximum atomic E-state index is 12.7. The van der Waals surface area contributed by atoms with Crippen LogP contribution in [-0.4, -0.2) is 23.5 Å². The van der Waals surface area contributed by atoms with Gasteiger partial charge in [-0.2, -0.15) is 0 Å². The van der Waals surface area contributed by atoms with E-state index >= 15 is 0 Å². The summed E-state index contributed by atoms with van der Waals surface area (Å²) in [6.07, 6.45) is 11.4. The molecule has 0 aromatic carbocycles. The Bertz CT molecular complexity index is 397. The van der Waals surface area contributed by atoms with E-state index < -0.39 is 5.97 Å². The number of carboxylic acids is 1. The van der Waals surface area contributed by atoms with Gasteiger partial charge in [0.25, 0.3) is 0 Å². The summed E-state index contributed by atoms with van der Waals surface area (Å²) in [5, 5.41) is 11.8. The molecular formula is C18H29NO3. The molecule has 0 aliphatic heterocycles. The van der Waals surface area contributed by atoms with E-state index in [-0.39, 0.29) is 11.8 Å². The van der Waals surface area contributed by atoms with Crippen LogP contribution in [0.2, 0.25) is 0 Å². The Morgan fingerprint density at radius 2 is 1.45 bits per heavy atom. The van der Waals surface area contributed by atoms with Crippen LogP contribution in [0.3, 0.4) is 0 Å². The maximum Gasteiger partial charge on any atom is 0.303 e. The second kappa shape index (κ2) is 6.59. The predicted octanol–water partition coefficient (Wildman–Crippen LogP) is 3.35. The van der Waals surface area contributed by atoms with Crippen molar-refractivity contribution in [1.29, 1.82) is 0 Å². The largest absolute Gasteiger partial charge is 0.481 e. The van der Waals surface area contributed by atoms with E-state index in [1.54, 1.807) is 0 Å². The van der Waals surface area contributed by atoms with Crippen LogP contribution in [0.25, 0.3) is 0 Å². The van der Waals surface area contributed by atoms with Crippen molar-refractivity contribution in [3.05, 3.63) is 0 Å². The van der Waals surface area contributed by atoms with Gasteiger partial charge in [-0.15, -0.1) is 0 Å². The number of amides is 1. The molecule has 0 heterocycles. The Morgan fingerprint density at radius 1 is 0.909 bits per heavy atom. The van der Waals surface area contributed by atoms with Gasteiger partial charge in [0, 0.05) is 18.4 Å². The highest BCUT2D eigenvalue weighted by molar-refractivity contribution is 5.83. The lowest BCUT2D eigenvalue weighted by Gasteiger charge is -2.55. The van der Waals surface area contributed by atoms with Crippen LogP contribution in [0.5, 0.6) is 0 Å². The molecule has 4 saturated carbocycles. The first-order valence-corrected chi connectivity index (χ1v) is 9.07. The van der Waals surface area contributed by atoms with Gasteiger partial charge in [0.05, 0.1) is 0 Å². The van der Waals surface area contributed by atoms with Gasteiger partial charge in [-0.05, 0) is 69.1 Å². The SMILES string of the molecule is O=C(O)CCCCCCNC(=O)C12CC3CC(CC(C3)C1)C2. The van der Waals surface area contributed by atoms with Crippen LogP contribution in [0.4, 0.5) is 0 Å². The number of carboxylic acid groups (broad SMARTS) is 1. The fourth-order valence-electron chi connectivity index (χ4n) is 5.53. The van der Waals surface area contributed by atoms with E-state index in [2.05, 4.69) is 5.32 Å². The lowest BCUT2D eigenvalue weighted by Crippen LogP contribution is -2.53. The maximum absolute atomic E-state index is 12.7. The number of rotatable bonds is 8. The molecule has 4 bridgehead atoms. The summed E-state index contributed by atoms with van der Waals surface area (Å²) in [4.78, 5) is 23.1. The third-order valence-corrected chi connectivity index (χ3v) is 6.12. The molecule has 4 nitrogen and oxygen atoms in total. The molecule has 4 aliphatic rings. The lowest BCUT2D eigenvalue weighted by molar-refractivity contribution is -0.146. The van der Waals surface area contributed by atoms with Crippen molar-refractivity contribution >= 4 is 11.9 Å². The summed E-state index contributed by atoms with van der Waals surface area (Å²) in [5.41, 5.74) is -0.0297. The highest BCUT2D eigenvalue weighted by Crippen LogP contribution is 2.60.